The summed E-state index contributed by atoms with van der Waals surface area (Å²) in [5.74, 6) is 0.965. The molecule has 0 heterocycles. The molecule has 0 aliphatic carbocycles. The van der Waals surface area contributed by atoms with Gasteiger partial charge in [-0.15, -0.1) is 0 Å². The van der Waals surface area contributed by atoms with Crippen molar-refractivity contribution in [2.45, 2.75) is 25.3 Å². The Balaban J connectivity index is 2.84. The van der Waals surface area contributed by atoms with Crippen molar-refractivity contribution >= 4 is 21.8 Å². The van der Waals surface area contributed by atoms with Crippen molar-refractivity contribution < 1.29 is 14.3 Å². The van der Waals surface area contributed by atoms with E-state index in [0.29, 0.717) is 30.8 Å². The molecule has 6 heteroatoms. The number of primary amides is 1. The number of carbonyl (C=O) groups is 1. The fourth-order valence-corrected chi connectivity index (χ4v) is 2.42. The van der Waals surface area contributed by atoms with Crippen LogP contribution in [0.1, 0.15) is 30.9 Å². The summed E-state index contributed by atoms with van der Waals surface area (Å²) in [6.45, 7) is 0. The minimum absolute atomic E-state index is 0.187. The van der Waals surface area contributed by atoms with Crippen LogP contribution in [0.4, 0.5) is 0 Å². The molecule has 1 aromatic rings. The molecule has 0 aromatic heterocycles. The van der Waals surface area contributed by atoms with Gasteiger partial charge in [-0.25, -0.2) is 0 Å². The Bertz CT molecular complexity index is 452. The van der Waals surface area contributed by atoms with Crippen molar-refractivity contribution in [3.8, 4) is 11.5 Å². The topological polar surface area (TPSA) is 87.6 Å². The fourth-order valence-electron chi connectivity index (χ4n) is 1.81. The standard InChI is InChI=1S/C13H19BrN2O3/c1-18-11-6-8(9(14)7-12(11)19-2)10(15)4-3-5-13(16)17/h6-7,10H,3-5,15H2,1-2H3,(H2,16,17). The minimum atomic E-state index is -0.307. The van der Waals surface area contributed by atoms with E-state index >= 15 is 0 Å². The minimum Gasteiger partial charge on any atom is -0.493 e. The largest absolute Gasteiger partial charge is 0.493 e. The predicted molar refractivity (Wildman–Crippen MR) is 77.2 cm³/mol. The summed E-state index contributed by atoms with van der Waals surface area (Å²) < 4.78 is 11.3. The number of carbonyl (C=O) groups excluding carboxylic acids is 1. The summed E-state index contributed by atoms with van der Waals surface area (Å²) in [5.41, 5.74) is 12.1. The normalized spacial score (nSPS) is 12.0. The highest BCUT2D eigenvalue weighted by Gasteiger charge is 2.15. The molecule has 1 aromatic carbocycles. The van der Waals surface area contributed by atoms with Crippen LogP contribution < -0.4 is 20.9 Å². The summed E-state index contributed by atoms with van der Waals surface area (Å²) in [6, 6.07) is 3.48. The Morgan fingerprint density at radius 1 is 1.32 bits per heavy atom. The third-order valence-corrected chi connectivity index (χ3v) is 3.53. The molecule has 106 valence electrons. The summed E-state index contributed by atoms with van der Waals surface area (Å²) in [5, 5.41) is 0. The van der Waals surface area contributed by atoms with Crippen LogP contribution in [0.15, 0.2) is 16.6 Å². The lowest BCUT2D eigenvalue weighted by atomic mass is 10.0. The molecule has 1 unspecified atom stereocenters. The summed E-state index contributed by atoms with van der Waals surface area (Å²) in [7, 11) is 3.16. The van der Waals surface area contributed by atoms with Gasteiger partial charge in [0.1, 0.15) is 0 Å². The zero-order valence-electron chi connectivity index (χ0n) is 11.1. The van der Waals surface area contributed by atoms with E-state index in [0.717, 1.165) is 10.0 Å². The number of halogens is 1. The monoisotopic (exact) mass is 330 g/mol. The van der Waals surface area contributed by atoms with Gasteiger partial charge >= 0.3 is 0 Å². The highest BCUT2D eigenvalue weighted by molar-refractivity contribution is 9.10. The molecular formula is C13H19BrN2O3. The molecule has 1 atom stereocenters. The zero-order valence-corrected chi connectivity index (χ0v) is 12.7. The third kappa shape index (κ3) is 4.40. The van der Waals surface area contributed by atoms with Crippen LogP contribution in [0.25, 0.3) is 0 Å². The van der Waals surface area contributed by atoms with Crippen molar-refractivity contribution in [2.24, 2.45) is 11.5 Å². The lowest BCUT2D eigenvalue weighted by molar-refractivity contribution is -0.118. The van der Waals surface area contributed by atoms with E-state index in [-0.39, 0.29) is 11.9 Å². The van der Waals surface area contributed by atoms with Crippen molar-refractivity contribution in [1.29, 1.82) is 0 Å². The van der Waals surface area contributed by atoms with Gasteiger partial charge < -0.3 is 20.9 Å². The maximum Gasteiger partial charge on any atom is 0.217 e. The number of amides is 1. The van der Waals surface area contributed by atoms with E-state index in [1.807, 2.05) is 12.1 Å². The average molecular weight is 331 g/mol. The van der Waals surface area contributed by atoms with E-state index < -0.39 is 0 Å². The Hall–Kier alpha value is -1.27. The summed E-state index contributed by atoms with van der Waals surface area (Å²) in [6.07, 6.45) is 1.69. The molecule has 5 nitrogen and oxygen atoms in total. The molecule has 0 aliphatic rings. The lowest BCUT2D eigenvalue weighted by Gasteiger charge is -2.16. The number of nitrogens with two attached hydrogens (primary N) is 2. The van der Waals surface area contributed by atoms with Crippen LogP contribution in [0.3, 0.4) is 0 Å². The number of hydrogen-bond acceptors (Lipinski definition) is 4. The van der Waals surface area contributed by atoms with Gasteiger partial charge in [0.2, 0.25) is 5.91 Å². The zero-order chi connectivity index (χ0) is 14.4. The molecule has 19 heavy (non-hydrogen) atoms. The number of ether oxygens (including phenoxy) is 2. The van der Waals surface area contributed by atoms with Crippen molar-refractivity contribution in [1.82, 2.24) is 0 Å². The van der Waals surface area contributed by atoms with Gasteiger partial charge in [0.25, 0.3) is 0 Å². The second-order valence-corrected chi connectivity index (χ2v) is 5.05. The molecule has 0 saturated heterocycles. The van der Waals surface area contributed by atoms with Crippen LogP contribution in [-0.2, 0) is 4.79 Å². The quantitative estimate of drug-likeness (QED) is 0.801. The van der Waals surface area contributed by atoms with E-state index in [1.54, 1.807) is 14.2 Å². The molecule has 0 radical (unpaired) electrons. The van der Waals surface area contributed by atoms with Crippen LogP contribution in [0, 0.1) is 0 Å². The van der Waals surface area contributed by atoms with Crippen molar-refractivity contribution in [2.75, 3.05) is 14.2 Å². The van der Waals surface area contributed by atoms with Crippen LogP contribution >= 0.6 is 15.9 Å². The van der Waals surface area contributed by atoms with Gasteiger partial charge in [0, 0.05) is 16.9 Å². The predicted octanol–water partition coefficient (Wildman–Crippen LogP) is 2.12. The smallest absolute Gasteiger partial charge is 0.217 e. The third-order valence-electron chi connectivity index (χ3n) is 2.84. The van der Waals surface area contributed by atoms with E-state index in [9.17, 15) is 4.79 Å². The average Bonchev–Trinajstić information content (AvgIpc) is 2.37. The molecule has 0 aliphatic heterocycles. The van der Waals surface area contributed by atoms with Crippen molar-refractivity contribution in [3.05, 3.63) is 22.2 Å². The van der Waals surface area contributed by atoms with Gasteiger partial charge in [0.15, 0.2) is 11.5 Å². The molecule has 0 bridgehead atoms. The molecule has 1 amide bonds. The maximum atomic E-state index is 10.7. The lowest BCUT2D eigenvalue weighted by Crippen LogP contribution is -2.14. The van der Waals surface area contributed by atoms with E-state index in [1.165, 1.54) is 0 Å². The molecule has 0 spiro atoms. The first kappa shape index (κ1) is 15.8. The molecule has 0 saturated carbocycles. The molecule has 4 N–H and O–H groups in total. The summed E-state index contributed by atoms with van der Waals surface area (Å²) >= 11 is 3.47. The number of methoxy groups -OCH3 is 2. The van der Waals surface area contributed by atoms with E-state index in [4.69, 9.17) is 20.9 Å². The van der Waals surface area contributed by atoms with Gasteiger partial charge in [-0.2, -0.15) is 0 Å². The Morgan fingerprint density at radius 3 is 2.42 bits per heavy atom. The maximum absolute atomic E-state index is 10.7. The fraction of sp³-hybridized carbons (Fsp3) is 0.462. The van der Waals surface area contributed by atoms with Crippen molar-refractivity contribution in [3.63, 3.8) is 0 Å². The number of benzene rings is 1. The second-order valence-electron chi connectivity index (χ2n) is 4.19. The number of rotatable bonds is 7. The molecule has 0 fully saturated rings. The Kier molecular flexibility index (Phi) is 6.11. The second kappa shape index (κ2) is 7.35. The highest BCUT2D eigenvalue weighted by atomic mass is 79.9. The SMILES string of the molecule is COc1cc(Br)c(C(N)CCCC(N)=O)cc1OC. The number of hydrogen-bond donors (Lipinski definition) is 2. The van der Waals surface area contributed by atoms with Gasteiger partial charge in [-0.05, 0) is 30.5 Å². The van der Waals surface area contributed by atoms with Gasteiger partial charge in [-0.3, -0.25) is 4.79 Å². The summed E-state index contributed by atoms with van der Waals surface area (Å²) in [4.78, 5) is 10.7. The van der Waals surface area contributed by atoms with Crippen LogP contribution in [0.5, 0.6) is 11.5 Å². The van der Waals surface area contributed by atoms with Gasteiger partial charge in [0.05, 0.1) is 14.2 Å². The molecule has 1 rings (SSSR count). The first-order valence-electron chi connectivity index (χ1n) is 5.95. The molecular weight excluding hydrogens is 312 g/mol. The highest BCUT2D eigenvalue weighted by Crippen LogP contribution is 2.36. The Labute approximate surface area is 121 Å². The first-order valence-corrected chi connectivity index (χ1v) is 6.74. The van der Waals surface area contributed by atoms with E-state index in [2.05, 4.69) is 15.9 Å². The van der Waals surface area contributed by atoms with Crippen LogP contribution in [-0.4, -0.2) is 20.1 Å². The van der Waals surface area contributed by atoms with Gasteiger partial charge in [-0.1, -0.05) is 15.9 Å². The first-order chi connectivity index (χ1) is 8.99. The Morgan fingerprint density at radius 2 is 1.89 bits per heavy atom. The van der Waals surface area contributed by atoms with Crippen LogP contribution in [0.2, 0.25) is 0 Å².